The van der Waals surface area contributed by atoms with Crippen LogP contribution in [0.5, 0.6) is 0 Å². The molecule has 3 aromatic rings. The van der Waals surface area contributed by atoms with E-state index in [9.17, 15) is 9.18 Å². The van der Waals surface area contributed by atoms with Crippen LogP contribution >= 0.6 is 0 Å². The van der Waals surface area contributed by atoms with Gasteiger partial charge in [-0.3, -0.25) is 4.79 Å². The van der Waals surface area contributed by atoms with E-state index in [-0.39, 0.29) is 11.7 Å². The molecule has 5 nitrogen and oxygen atoms in total. The average Bonchev–Trinajstić information content (AvgIpc) is 2.76. The second-order valence-electron chi connectivity index (χ2n) is 7.77. The summed E-state index contributed by atoms with van der Waals surface area (Å²) in [5, 5.41) is 8.85. The van der Waals surface area contributed by atoms with Crippen molar-refractivity contribution in [2.45, 2.75) is 20.3 Å². The Labute approximate surface area is 176 Å². The van der Waals surface area contributed by atoms with E-state index in [1.165, 1.54) is 23.3 Å². The first-order chi connectivity index (χ1) is 14.5. The normalized spacial score (nSPS) is 14.1. The molecule has 2 heterocycles. The molecule has 154 valence electrons. The maximum atomic E-state index is 13.0. The summed E-state index contributed by atoms with van der Waals surface area (Å²) in [5.41, 5.74) is 5.20. The number of halogens is 1. The maximum absolute atomic E-state index is 13.0. The summed E-state index contributed by atoms with van der Waals surface area (Å²) in [4.78, 5) is 16.6. The van der Waals surface area contributed by atoms with E-state index >= 15 is 0 Å². The number of piperazine rings is 1. The van der Waals surface area contributed by atoms with Gasteiger partial charge >= 0.3 is 0 Å². The highest BCUT2D eigenvalue weighted by atomic mass is 19.1. The monoisotopic (exact) mass is 404 g/mol. The third-order valence-electron chi connectivity index (χ3n) is 5.53. The van der Waals surface area contributed by atoms with E-state index in [4.69, 9.17) is 0 Å². The zero-order valence-electron chi connectivity index (χ0n) is 17.3. The lowest BCUT2D eigenvalue weighted by Gasteiger charge is -2.35. The second kappa shape index (κ2) is 8.61. The Morgan fingerprint density at radius 1 is 0.933 bits per heavy atom. The summed E-state index contributed by atoms with van der Waals surface area (Å²) in [6.07, 6.45) is 0.296. The highest BCUT2D eigenvalue weighted by molar-refractivity contribution is 5.79. The Morgan fingerprint density at radius 3 is 2.30 bits per heavy atom. The molecule has 0 unspecified atom stereocenters. The summed E-state index contributed by atoms with van der Waals surface area (Å²) < 4.78 is 13.0. The molecule has 1 aliphatic rings. The predicted molar refractivity (Wildman–Crippen MR) is 116 cm³/mol. The lowest BCUT2D eigenvalue weighted by molar-refractivity contribution is -0.130. The van der Waals surface area contributed by atoms with Crippen molar-refractivity contribution in [1.82, 2.24) is 15.1 Å². The van der Waals surface area contributed by atoms with Crippen molar-refractivity contribution in [3.05, 3.63) is 77.1 Å². The topological polar surface area (TPSA) is 49.3 Å². The van der Waals surface area contributed by atoms with E-state index in [1.54, 1.807) is 12.1 Å². The fourth-order valence-electron chi connectivity index (χ4n) is 3.81. The number of carbonyl (C=O) groups excluding carboxylic acids is 1. The molecule has 2 aromatic carbocycles. The Morgan fingerprint density at radius 2 is 1.67 bits per heavy atom. The third-order valence-corrected chi connectivity index (χ3v) is 5.53. The molecule has 0 radical (unpaired) electrons. The average molecular weight is 404 g/mol. The van der Waals surface area contributed by atoms with Crippen molar-refractivity contribution >= 4 is 11.7 Å². The van der Waals surface area contributed by atoms with Crippen molar-refractivity contribution in [2.24, 2.45) is 0 Å². The van der Waals surface area contributed by atoms with Crippen LogP contribution in [0.2, 0.25) is 0 Å². The fourth-order valence-corrected chi connectivity index (χ4v) is 3.81. The van der Waals surface area contributed by atoms with Crippen molar-refractivity contribution in [3.8, 4) is 11.3 Å². The number of carbonyl (C=O) groups is 1. The number of hydrogen-bond acceptors (Lipinski definition) is 4. The minimum Gasteiger partial charge on any atom is -0.352 e. The molecule has 0 saturated carbocycles. The number of anilines is 1. The SMILES string of the molecule is Cc1ccc(-c2ccc(N3CCN(C(=O)Cc4ccc(F)cc4)CC3)nn2)c(C)c1. The van der Waals surface area contributed by atoms with Crippen molar-refractivity contribution in [2.75, 3.05) is 31.1 Å². The number of rotatable bonds is 4. The van der Waals surface area contributed by atoms with Crippen LogP contribution in [-0.4, -0.2) is 47.2 Å². The van der Waals surface area contributed by atoms with Crippen LogP contribution in [0.15, 0.2) is 54.6 Å². The molecule has 1 saturated heterocycles. The van der Waals surface area contributed by atoms with Gasteiger partial charge in [0, 0.05) is 31.7 Å². The molecule has 0 spiro atoms. The smallest absolute Gasteiger partial charge is 0.227 e. The number of nitrogens with zero attached hydrogens (tertiary/aromatic N) is 4. The van der Waals surface area contributed by atoms with Gasteiger partial charge in [0.05, 0.1) is 12.1 Å². The van der Waals surface area contributed by atoms with Crippen LogP contribution in [0.4, 0.5) is 10.2 Å². The van der Waals surface area contributed by atoms with Crippen molar-refractivity contribution in [3.63, 3.8) is 0 Å². The van der Waals surface area contributed by atoms with Gasteiger partial charge < -0.3 is 9.80 Å². The minimum absolute atomic E-state index is 0.0672. The molecular weight excluding hydrogens is 379 g/mol. The van der Waals surface area contributed by atoms with Gasteiger partial charge in [0.25, 0.3) is 0 Å². The molecule has 1 aliphatic heterocycles. The molecule has 1 aromatic heterocycles. The first-order valence-electron chi connectivity index (χ1n) is 10.2. The van der Waals surface area contributed by atoms with Gasteiger partial charge in [0.2, 0.25) is 5.91 Å². The predicted octanol–water partition coefficient (Wildman–Crippen LogP) is 3.79. The van der Waals surface area contributed by atoms with Crippen LogP contribution in [0.1, 0.15) is 16.7 Å². The summed E-state index contributed by atoms with van der Waals surface area (Å²) in [6, 6.07) is 16.4. The van der Waals surface area contributed by atoms with Gasteiger partial charge in [-0.2, -0.15) is 0 Å². The lowest BCUT2D eigenvalue weighted by atomic mass is 10.0. The fraction of sp³-hybridized carbons (Fsp3) is 0.292. The standard InChI is InChI=1S/C24H25FN4O/c1-17-3-8-21(18(2)15-17)22-9-10-23(27-26-22)28-11-13-29(14-12-28)24(30)16-19-4-6-20(25)7-5-19/h3-10,15H,11-14,16H2,1-2H3. The zero-order chi connectivity index (χ0) is 21.1. The Balaban J connectivity index is 1.35. The first-order valence-corrected chi connectivity index (χ1v) is 10.2. The largest absolute Gasteiger partial charge is 0.352 e. The Hall–Kier alpha value is -3.28. The first kappa shape index (κ1) is 20.0. The van der Waals surface area contributed by atoms with E-state index in [1.807, 2.05) is 17.0 Å². The molecule has 0 bridgehead atoms. The minimum atomic E-state index is -0.288. The van der Waals surface area contributed by atoms with Crippen LogP contribution in [0, 0.1) is 19.7 Å². The van der Waals surface area contributed by atoms with E-state index in [0.29, 0.717) is 32.6 Å². The summed E-state index contributed by atoms with van der Waals surface area (Å²) in [7, 11) is 0. The van der Waals surface area contributed by atoms with E-state index in [2.05, 4.69) is 47.1 Å². The zero-order valence-corrected chi connectivity index (χ0v) is 17.3. The van der Waals surface area contributed by atoms with E-state index in [0.717, 1.165) is 22.6 Å². The number of benzene rings is 2. The second-order valence-corrected chi connectivity index (χ2v) is 7.77. The molecule has 0 aliphatic carbocycles. The van der Waals surface area contributed by atoms with Gasteiger partial charge in [-0.25, -0.2) is 4.39 Å². The van der Waals surface area contributed by atoms with Crippen LogP contribution < -0.4 is 4.90 Å². The molecule has 1 amide bonds. The van der Waals surface area contributed by atoms with Gasteiger partial charge in [-0.1, -0.05) is 35.9 Å². The van der Waals surface area contributed by atoms with Crippen molar-refractivity contribution < 1.29 is 9.18 Å². The molecule has 1 fully saturated rings. The Bertz CT molecular complexity index is 1030. The third kappa shape index (κ3) is 4.48. The van der Waals surface area contributed by atoms with Crippen LogP contribution in [0.3, 0.4) is 0 Å². The molecule has 0 N–H and O–H groups in total. The Kier molecular flexibility index (Phi) is 5.74. The quantitative estimate of drug-likeness (QED) is 0.664. The molecule has 6 heteroatoms. The van der Waals surface area contributed by atoms with E-state index < -0.39 is 0 Å². The van der Waals surface area contributed by atoms with Gasteiger partial charge in [-0.15, -0.1) is 10.2 Å². The summed E-state index contributed by atoms with van der Waals surface area (Å²) >= 11 is 0. The summed E-state index contributed by atoms with van der Waals surface area (Å²) in [5.74, 6) is 0.608. The highest BCUT2D eigenvalue weighted by Gasteiger charge is 2.22. The number of amides is 1. The highest BCUT2D eigenvalue weighted by Crippen LogP contribution is 2.23. The number of hydrogen-bond donors (Lipinski definition) is 0. The van der Waals surface area contributed by atoms with Crippen LogP contribution in [0.25, 0.3) is 11.3 Å². The number of aryl methyl sites for hydroxylation is 2. The molecule has 0 atom stereocenters. The molecular formula is C24H25FN4O. The summed E-state index contributed by atoms with van der Waals surface area (Å²) in [6.45, 7) is 6.87. The molecule has 4 rings (SSSR count). The van der Waals surface area contributed by atoms with Crippen molar-refractivity contribution in [1.29, 1.82) is 0 Å². The van der Waals surface area contributed by atoms with Gasteiger partial charge in [-0.05, 0) is 49.2 Å². The van der Waals surface area contributed by atoms with Crippen LogP contribution in [-0.2, 0) is 11.2 Å². The maximum Gasteiger partial charge on any atom is 0.227 e. The lowest BCUT2D eigenvalue weighted by Crippen LogP contribution is -2.49. The molecule has 30 heavy (non-hydrogen) atoms. The van der Waals surface area contributed by atoms with Gasteiger partial charge in [0.1, 0.15) is 5.82 Å². The number of aromatic nitrogens is 2. The van der Waals surface area contributed by atoms with Gasteiger partial charge in [0.15, 0.2) is 5.82 Å².